The molecule has 1 amide bonds. The highest BCUT2D eigenvalue weighted by atomic mass is 127. The normalized spacial score (nSPS) is 11.5. The van der Waals surface area contributed by atoms with E-state index in [1.54, 1.807) is 11.3 Å². The Morgan fingerprint density at radius 1 is 1.25 bits per heavy atom. The van der Waals surface area contributed by atoms with Crippen LogP contribution in [-0.2, 0) is 11.3 Å². The molecule has 0 aliphatic heterocycles. The van der Waals surface area contributed by atoms with Crippen molar-refractivity contribution in [3.05, 3.63) is 20.8 Å². The first-order valence-corrected chi connectivity index (χ1v) is 9.14. The number of carbonyl (C=O) groups is 1. The Bertz CT molecular complexity index is 532. The highest BCUT2D eigenvalue weighted by molar-refractivity contribution is 14.0. The molecule has 138 valence electrons. The standard InChI is InChI=1S/C15H25BrN4O2S.HI/c1-5-17-13(20-10-11-6-7-12(16)23-11)18-8-9-19-14(21)22-15(2,3)4;/h6-7H,5,8-10H2,1-4H3,(H,19,21)(H2,17,18,20);1H. The lowest BCUT2D eigenvalue weighted by Gasteiger charge is -2.19. The lowest BCUT2D eigenvalue weighted by Crippen LogP contribution is -2.42. The van der Waals surface area contributed by atoms with Gasteiger partial charge in [-0.15, -0.1) is 35.3 Å². The van der Waals surface area contributed by atoms with E-state index in [0.29, 0.717) is 19.6 Å². The van der Waals surface area contributed by atoms with Crippen molar-refractivity contribution in [1.82, 2.24) is 16.0 Å². The molecule has 0 saturated carbocycles. The van der Waals surface area contributed by atoms with E-state index < -0.39 is 11.7 Å². The fourth-order valence-corrected chi connectivity index (χ4v) is 3.00. The first kappa shape index (κ1) is 23.4. The van der Waals surface area contributed by atoms with Crippen LogP contribution in [0, 0.1) is 0 Å². The molecule has 0 fully saturated rings. The summed E-state index contributed by atoms with van der Waals surface area (Å²) in [5.41, 5.74) is -0.483. The third-order valence-electron chi connectivity index (χ3n) is 2.45. The molecule has 0 aromatic carbocycles. The molecule has 0 aliphatic carbocycles. The van der Waals surface area contributed by atoms with Crippen molar-refractivity contribution in [2.75, 3.05) is 19.6 Å². The maximum Gasteiger partial charge on any atom is 0.407 e. The summed E-state index contributed by atoms with van der Waals surface area (Å²) in [6.07, 6.45) is -0.412. The van der Waals surface area contributed by atoms with Crippen LogP contribution in [0.4, 0.5) is 4.79 Å². The van der Waals surface area contributed by atoms with Crippen molar-refractivity contribution in [3.8, 4) is 0 Å². The number of carbonyl (C=O) groups excluding carboxylic acids is 1. The first-order valence-electron chi connectivity index (χ1n) is 7.53. The van der Waals surface area contributed by atoms with Crippen LogP contribution in [0.5, 0.6) is 0 Å². The summed E-state index contributed by atoms with van der Waals surface area (Å²) in [5.74, 6) is 0.725. The van der Waals surface area contributed by atoms with Crippen LogP contribution in [0.2, 0.25) is 0 Å². The number of ether oxygens (including phenoxy) is 1. The molecular formula is C15H26BrIN4O2S. The Balaban J connectivity index is 0.00000529. The van der Waals surface area contributed by atoms with Gasteiger partial charge in [0.15, 0.2) is 5.96 Å². The van der Waals surface area contributed by atoms with Crippen LogP contribution in [0.1, 0.15) is 32.6 Å². The molecule has 0 bridgehead atoms. The molecule has 1 heterocycles. The maximum atomic E-state index is 11.5. The predicted octanol–water partition coefficient (Wildman–Crippen LogP) is 3.71. The van der Waals surface area contributed by atoms with Crippen molar-refractivity contribution in [2.45, 2.75) is 39.8 Å². The highest BCUT2D eigenvalue weighted by Gasteiger charge is 2.15. The number of hydrogen-bond donors (Lipinski definition) is 3. The van der Waals surface area contributed by atoms with Gasteiger partial charge in [-0.2, -0.15) is 0 Å². The molecule has 1 rings (SSSR count). The lowest BCUT2D eigenvalue weighted by molar-refractivity contribution is 0.0529. The maximum absolute atomic E-state index is 11.5. The molecule has 9 heteroatoms. The smallest absolute Gasteiger partial charge is 0.407 e. The molecular weight excluding hydrogens is 507 g/mol. The van der Waals surface area contributed by atoms with E-state index in [-0.39, 0.29) is 24.0 Å². The summed E-state index contributed by atoms with van der Waals surface area (Å²) in [5, 5.41) is 9.05. The van der Waals surface area contributed by atoms with Gasteiger partial charge >= 0.3 is 6.09 Å². The minimum absolute atomic E-state index is 0. The molecule has 0 saturated heterocycles. The minimum Gasteiger partial charge on any atom is -0.444 e. The van der Waals surface area contributed by atoms with Gasteiger partial charge in [0.25, 0.3) is 0 Å². The lowest BCUT2D eigenvalue weighted by atomic mass is 10.2. The Hall–Kier alpha value is -0.550. The fourth-order valence-electron chi connectivity index (χ4n) is 1.60. The second kappa shape index (κ2) is 11.9. The van der Waals surface area contributed by atoms with Crippen LogP contribution in [0.3, 0.4) is 0 Å². The van der Waals surface area contributed by atoms with Crippen LogP contribution in [0.15, 0.2) is 20.9 Å². The van der Waals surface area contributed by atoms with E-state index in [2.05, 4.69) is 36.9 Å². The number of rotatable bonds is 6. The largest absolute Gasteiger partial charge is 0.444 e. The van der Waals surface area contributed by atoms with Crippen LogP contribution < -0.4 is 16.0 Å². The van der Waals surface area contributed by atoms with E-state index in [4.69, 9.17) is 4.74 Å². The van der Waals surface area contributed by atoms with Gasteiger partial charge in [-0.1, -0.05) is 0 Å². The van der Waals surface area contributed by atoms with Crippen molar-refractivity contribution >= 4 is 63.3 Å². The summed E-state index contributed by atoms with van der Waals surface area (Å²) < 4.78 is 6.27. The van der Waals surface area contributed by atoms with Gasteiger partial charge in [0, 0.05) is 24.5 Å². The second-order valence-electron chi connectivity index (χ2n) is 5.76. The van der Waals surface area contributed by atoms with E-state index in [0.717, 1.165) is 16.3 Å². The SMILES string of the molecule is CCNC(=NCc1ccc(Br)s1)NCCNC(=O)OC(C)(C)C.I. The van der Waals surface area contributed by atoms with E-state index in [1.165, 1.54) is 4.88 Å². The van der Waals surface area contributed by atoms with Crippen LogP contribution in [-0.4, -0.2) is 37.3 Å². The molecule has 0 radical (unpaired) electrons. The van der Waals surface area contributed by atoms with Gasteiger partial charge in [-0.25, -0.2) is 9.79 Å². The zero-order valence-corrected chi connectivity index (χ0v) is 19.2. The zero-order valence-electron chi connectivity index (χ0n) is 14.4. The fraction of sp³-hybridized carbons (Fsp3) is 0.600. The summed E-state index contributed by atoms with van der Waals surface area (Å²) in [6.45, 7) is 9.95. The average molecular weight is 533 g/mol. The van der Waals surface area contributed by atoms with Crippen LogP contribution in [0.25, 0.3) is 0 Å². The van der Waals surface area contributed by atoms with E-state index in [1.807, 2.05) is 39.8 Å². The van der Waals surface area contributed by atoms with Crippen LogP contribution >= 0.6 is 51.2 Å². The number of thiophene rings is 1. The molecule has 24 heavy (non-hydrogen) atoms. The molecule has 1 aromatic rings. The first-order chi connectivity index (χ1) is 10.8. The number of alkyl carbamates (subject to hydrolysis) is 1. The van der Waals surface area contributed by atoms with E-state index in [9.17, 15) is 4.79 Å². The topological polar surface area (TPSA) is 74.8 Å². The molecule has 1 aromatic heterocycles. The highest BCUT2D eigenvalue weighted by Crippen LogP contribution is 2.22. The van der Waals surface area contributed by atoms with Crippen molar-refractivity contribution in [3.63, 3.8) is 0 Å². The molecule has 0 aliphatic rings. The number of hydrogen-bond acceptors (Lipinski definition) is 4. The Morgan fingerprint density at radius 3 is 2.46 bits per heavy atom. The Labute approximate surface area is 173 Å². The zero-order chi connectivity index (χ0) is 17.3. The van der Waals surface area contributed by atoms with Gasteiger partial charge in [-0.3, -0.25) is 0 Å². The molecule has 6 nitrogen and oxygen atoms in total. The van der Waals surface area contributed by atoms with Gasteiger partial charge in [0.2, 0.25) is 0 Å². The van der Waals surface area contributed by atoms with Crippen molar-refractivity contribution in [2.24, 2.45) is 4.99 Å². The number of aliphatic imine (C=N–C) groups is 1. The molecule has 0 unspecified atom stereocenters. The summed E-state index contributed by atoms with van der Waals surface area (Å²) in [6, 6.07) is 4.06. The van der Waals surface area contributed by atoms with Gasteiger partial charge in [-0.05, 0) is 55.8 Å². The summed E-state index contributed by atoms with van der Waals surface area (Å²) in [4.78, 5) is 17.2. The Morgan fingerprint density at radius 2 is 1.92 bits per heavy atom. The number of guanidine groups is 1. The number of nitrogens with one attached hydrogen (secondary N) is 3. The number of amides is 1. The number of halogens is 2. The summed E-state index contributed by atoms with van der Waals surface area (Å²) >= 11 is 5.11. The predicted molar refractivity (Wildman–Crippen MR) is 114 cm³/mol. The third kappa shape index (κ3) is 11.1. The Kier molecular flexibility index (Phi) is 11.6. The molecule has 0 spiro atoms. The molecule has 3 N–H and O–H groups in total. The minimum atomic E-state index is -0.483. The van der Waals surface area contributed by atoms with E-state index >= 15 is 0 Å². The van der Waals surface area contributed by atoms with Gasteiger partial charge in [0.05, 0.1) is 10.3 Å². The van der Waals surface area contributed by atoms with Gasteiger partial charge in [0.1, 0.15) is 5.60 Å². The van der Waals surface area contributed by atoms with Gasteiger partial charge < -0.3 is 20.7 Å². The average Bonchev–Trinajstić information content (AvgIpc) is 2.84. The second-order valence-corrected chi connectivity index (χ2v) is 8.30. The molecule has 0 atom stereocenters. The summed E-state index contributed by atoms with van der Waals surface area (Å²) in [7, 11) is 0. The third-order valence-corrected chi connectivity index (χ3v) is 4.06. The quantitative estimate of drug-likeness (QED) is 0.226. The van der Waals surface area contributed by atoms with Crippen molar-refractivity contribution in [1.29, 1.82) is 0 Å². The monoisotopic (exact) mass is 532 g/mol. The number of nitrogens with zero attached hydrogens (tertiary/aromatic N) is 1. The van der Waals surface area contributed by atoms with Crippen molar-refractivity contribution < 1.29 is 9.53 Å².